The Morgan fingerprint density at radius 1 is 1.08 bits per heavy atom. The molecule has 1 fully saturated rings. The topological polar surface area (TPSA) is 84.9 Å². The summed E-state index contributed by atoms with van der Waals surface area (Å²) in [6.45, 7) is 0. The second-order valence-electron chi connectivity index (χ2n) is 6.22. The van der Waals surface area contributed by atoms with Gasteiger partial charge in [0.05, 0.1) is 14.2 Å². The van der Waals surface area contributed by atoms with Crippen LogP contribution in [0.3, 0.4) is 0 Å². The molecule has 0 aliphatic heterocycles. The lowest BCUT2D eigenvalue weighted by Crippen LogP contribution is -2.55. The number of ether oxygens (including phenoxy) is 2. The van der Waals surface area contributed by atoms with E-state index < -0.39 is 11.5 Å². The molecule has 1 aromatic carbocycles. The number of rotatable bonds is 7. The number of nitrogens with one attached hydrogen (secondary N) is 1. The van der Waals surface area contributed by atoms with Crippen molar-refractivity contribution in [3.8, 4) is 11.5 Å². The lowest BCUT2D eigenvalue weighted by atomic mass is 9.81. The molecule has 0 radical (unpaired) electrons. The molecule has 1 aliphatic carbocycles. The molecule has 2 N–H and O–H groups in total. The van der Waals surface area contributed by atoms with Gasteiger partial charge in [-0.25, -0.2) is 4.79 Å². The number of hydrogen-bond donors (Lipinski definition) is 2. The van der Waals surface area contributed by atoms with Crippen LogP contribution in [0.1, 0.15) is 44.1 Å². The lowest BCUT2D eigenvalue weighted by molar-refractivity contribution is -0.149. The van der Waals surface area contributed by atoms with Gasteiger partial charge in [-0.1, -0.05) is 19.3 Å². The Hall–Kier alpha value is -2.24. The minimum absolute atomic E-state index is 0.228. The maximum absolute atomic E-state index is 12.3. The Morgan fingerprint density at radius 3 is 2.17 bits per heavy atom. The van der Waals surface area contributed by atoms with Crippen molar-refractivity contribution in [2.24, 2.45) is 0 Å². The van der Waals surface area contributed by atoms with Crippen LogP contribution in [0.2, 0.25) is 0 Å². The molecule has 0 atom stereocenters. The van der Waals surface area contributed by atoms with Gasteiger partial charge in [-0.15, -0.1) is 0 Å². The standard InChI is InChI=1S/C18H25NO5/c1-23-14-10-13(11-15(12-14)24-2)6-7-16(20)19-18(17(21)22)8-4-3-5-9-18/h10-12H,3-9H2,1-2H3,(H,19,20)(H,21,22). The molecule has 0 spiro atoms. The zero-order valence-electron chi connectivity index (χ0n) is 14.3. The number of carboxylic acids is 1. The van der Waals surface area contributed by atoms with E-state index in [-0.39, 0.29) is 12.3 Å². The quantitative estimate of drug-likeness (QED) is 0.800. The van der Waals surface area contributed by atoms with Gasteiger partial charge in [-0.05, 0) is 37.0 Å². The van der Waals surface area contributed by atoms with Crippen LogP contribution in [0.15, 0.2) is 18.2 Å². The van der Waals surface area contributed by atoms with Crippen molar-refractivity contribution >= 4 is 11.9 Å². The van der Waals surface area contributed by atoms with Crippen molar-refractivity contribution in [3.63, 3.8) is 0 Å². The number of aliphatic carboxylic acids is 1. The van der Waals surface area contributed by atoms with Crippen molar-refractivity contribution in [2.45, 2.75) is 50.5 Å². The largest absolute Gasteiger partial charge is 0.497 e. The summed E-state index contributed by atoms with van der Waals surface area (Å²) in [5.74, 6) is 0.165. The number of hydrogen-bond acceptors (Lipinski definition) is 4. The Morgan fingerprint density at radius 2 is 1.67 bits per heavy atom. The monoisotopic (exact) mass is 335 g/mol. The molecule has 1 aliphatic rings. The van der Waals surface area contributed by atoms with Crippen LogP contribution in [0, 0.1) is 0 Å². The Bertz CT molecular complexity index is 571. The van der Waals surface area contributed by atoms with E-state index in [0.29, 0.717) is 30.8 Å². The van der Waals surface area contributed by atoms with Gasteiger partial charge < -0.3 is 19.9 Å². The molecule has 0 unspecified atom stereocenters. The number of carbonyl (C=O) groups excluding carboxylic acids is 1. The van der Waals surface area contributed by atoms with Crippen LogP contribution < -0.4 is 14.8 Å². The first-order valence-electron chi connectivity index (χ1n) is 8.25. The SMILES string of the molecule is COc1cc(CCC(=O)NC2(C(=O)O)CCCCC2)cc(OC)c1. The molecule has 0 saturated heterocycles. The van der Waals surface area contributed by atoms with E-state index in [4.69, 9.17) is 9.47 Å². The summed E-state index contributed by atoms with van der Waals surface area (Å²) < 4.78 is 10.4. The summed E-state index contributed by atoms with van der Waals surface area (Å²) >= 11 is 0. The van der Waals surface area contributed by atoms with Crippen LogP contribution >= 0.6 is 0 Å². The molecule has 6 nitrogen and oxygen atoms in total. The predicted octanol–water partition coefficient (Wildman–Crippen LogP) is 2.54. The van der Waals surface area contributed by atoms with E-state index in [1.54, 1.807) is 20.3 Å². The van der Waals surface area contributed by atoms with Crippen LogP contribution in [-0.2, 0) is 16.0 Å². The second-order valence-corrected chi connectivity index (χ2v) is 6.22. The number of methoxy groups -OCH3 is 2. The van der Waals surface area contributed by atoms with Crippen molar-refractivity contribution in [1.82, 2.24) is 5.32 Å². The second kappa shape index (κ2) is 8.04. The Labute approximate surface area is 142 Å². The highest BCUT2D eigenvalue weighted by atomic mass is 16.5. The van der Waals surface area contributed by atoms with Crippen LogP contribution in [0.4, 0.5) is 0 Å². The summed E-state index contributed by atoms with van der Waals surface area (Å²) in [7, 11) is 3.15. The van der Waals surface area contributed by atoms with Gasteiger partial charge in [-0.3, -0.25) is 4.79 Å². The van der Waals surface area contributed by atoms with Crippen molar-refractivity contribution in [1.29, 1.82) is 0 Å². The molecule has 24 heavy (non-hydrogen) atoms. The fourth-order valence-corrected chi connectivity index (χ4v) is 3.15. The van der Waals surface area contributed by atoms with Crippen molar-refractivity contribution < 1.29 is 24.2 Å². The maximum atomic E-state index is 12.3. The molecule has 0 aromatic heterocycles. The fourth-order valence-electron chi connectivity index (χ4n) is 3.15. The van der Waals surface area contributed by atoms with Gasteiger partial charge in [0, 0.05) is 12.5 Å². The molecule has 1 amide bonds. The Balaban J connectivity index is 1.98. The summed E-state index contributed by atoms with van der Waals surface area (Å²) in [6.07, 6.45) is 4.41. The maximum Gasteiger partial charge on any atom is 0.329 e. The number of amides is 1. The molecule has 1 saturated carbocycles. The molecule has 1 aromatic rings. The Kier molecular flexibility index (Phi) is 6.06. The van der Waals surface area contributed by atoms with E-state index in [0.717, 1.165) is 24.8 Å². The van der Waals surface area contributed by atoms with Gasteiger partial charge in [-0.2, -0.15) is 0 Å². The highest BCUT2D eigenvalue weighted by molar-refractivity contribution is 5.87. The lowest BCUT2D eigenvalue weighted by Gasteiger charge is -2.34. The number of carboxylic acid groups (broad SMARTS) is 1. The average Bonchev–Trinajstić information content (AvgIpc) is 2.60. The van der Waals surface area contributed by atoms with Gasteiger partial charge in [0.25, 0.3) is 0 Å². The molecule has 0 bridgehead atoms. The predicted molar refractivity (Wildman–Crippen MR) is 89.5 cm³/mol. The highest BCUT2D eigenvalue weighted by Gasteiger charge is 2.40. The molecule has 2 rings (SSSR count). The van der Waals surface area contributed by atoms with E-state index in [1.807, 2.05) is 12.1 Å². The summed E-state index contributed by atoms with van der Waals surface area (Å²) in [5.41, 5.74) is -0.184. The first-order chi connectivity index (χ1) is 11.5. The first-order valence-corrected chi connectivity index (χ1v) is 8.25. The zero-order chi connectivity index (χ0) is 17.6. The van der Waals surface area contributed by atoms with E-state index >= 15 is 0 Å². The zero-order valence-corrected chi connectivity index (χ0v) is 14.3. The van der Waals surface area contributed by atoms with Crippen LogP contribution in [-0.4, -0.2) is 36.7 Å². The minimum atomic E-state index is -1.10. The third-order valence-electron chi connectivity index (χ3n) is 4.55. The van der Waals surface area contributed by atoms with Crippen molar-refractivity contribution in [3.05, 3.63) is 23.8 Å². The summed E-state index contributed by atoms with van der Waals surface area (Å²) in [5, 5.41) is 12.3. The molecular formula is C18H25NO5. The number of aryl methyl sites for hydroxylation is 1. The number of benzene rings is 1. The number of carbonyl (C=O) groups is 2. The van der Waals surface area contributed by atoms with Gasteiger partial charge in [0.1, 0.15) is 17.0 Å². The van der Waals surface area contributed by atoms with Crippen molar-refractivity contribution in [2.75, 3.05) is 14.2 Å². The van der Waals surface area contributed by atoms with Crippen LogP contribution in [0.5, 0.6) is 11.5 Å². The summed E-state index contributed by atoms with van der Waals surface area (Å²) in [4.78, 5) is 23.9. The molecule has 132 valence electrons. The van der Waals surface area contributed by atoms with E-state index in [1.165, 1.54) is 0 Å². The smallest absolute Gasteiger partial charge is 0.329 e. The van der Waals surface area contributed by atoms with Gasteiger partial charge >= 0.3 is 5.97 Å². The summed E-state index contributed by atoms with van der Waals surface area (Å²) in [6, 6.07) is 5.47. The fraction of sp³-hybridized carbons (Fsp3) is 0.556. The van der Waals surface area contributed by atoms with Crippen LogP contribution in [0.25, 0.3) is 0 Å². The van der Waals surface area contributed by atoms with Gasteiger partial charge in [0.15, 0.2) is 0 Å². The third-order valence-corrected chi connectivity index (χ3v) is 4.55. The highest BCUT2D eigenvalue weighted by Crippen LogP contribution is 2.29. The van der Waals surface area contributed by atoms with E-state index in [2.05, 4.69) is 5.32 Å². The average molecular weight is 335 g/mol. The van der Waals surface area contributed by atoms with Gasteiger partial charge in [0.2, 0.25) is 5.91 Å². The first kappa shape index (κ1) is 18.1. The third kappa shape index (κ3) is 4.40. The molecule has 6 heteroatoms. The molecular weight excluding hydrogens is 310 g/mol. The molecule has 0 heterocycles. The van der Waals surface area contributed by atoms with E-state index in [9.17, 15) is 14.7 Å². The minimum Gasteiger partial charge on any atom is -0.497 e. The normalized spacial score (nSPS) is 16.2.